The van der Waals surface area contributed by atoms with Crippen LogP contribution in [0.15, 0.2) is 122 Å². The first-order chi connectivity index (χ1) is 18.5. The van der Waals surface area contributed by atoms with Gasteiger partial charge in [0.15, 0.2) is 0 Å². The van der Waals surface area contributed by atoms with E-state index >= 15 is 0 Å². The molecule has 1 amide bonds. The van der Waals surface area contributed by atoms with Crippen molar-refractivity contribution in [2.75, 3.05) is 0 Å². The topological polar surface area (TPSA) is 65.5 Å². The molecule has 0 saturated heterocycles. The van der Waals surface area contributed by atoms with Crippen LogP contribution in [0.2, 0.25) is 0 Å². The standard InChI is InChI=1S/C31H21Br2N3O2/c32-22-13-11-19(12-14-22)27-18-26(35-36(27)31(38)21-9-5-2-6-10-21)29-28(20-7-3-1-4-8-20)24-17-23(33)15-16-25(24)34-30(29)37/h1-17,27H,18H2,(H,34,37). The van der Waals surface area contributed by atoms with Gasteiger partial charge in [0.05, 0.1) is 17.3 Å². The quantitative estimate of drug-likeness (QED) is 0.222. The predicted octanol–water partition coefficient (Wildman–Crippen LogP) is 7.71. The molecule has 1 aliphatic heterocycles. The summed E-state index contributed by atoms with van der Waals surface area (Å²) in [6.07, 6.45) is 0.405. The first kappa shape index (κ1) is 24.5. The predicted molar refractivity (Wildman–Crippen MR) is 158 cm³/mol. The number of fused-ring (bicyclic) bond motifs is 1. The fourth-order valence-corrected chi connectivity index (χ4v) is 5.58. The number of carbonyl (C=O) groups is 1. The van der Waals surface area contributed by atoms with Crippen LogP contribution in [-0.4, -0.2) is 21.6 Å². The van der Waals surface area contributed by atoms with Gasteiger partial charge < -0.3 is 4.98 Å². The van der Waals surface area contributed by atoms with E-state index in [2.05, 4.69) is 36.8 Å². The number of amides is 1. The first-order valence-electron chi connectivity index (χ1n) is 12.1. The second-order valence-electron chi connectivity index (χ2n) is 9.09. The lowest BCUT2D eigenvalue weighted by molar-refractivity contribution is 0.0711. The summed E-state index contributed by atoms with van der Waals surface area (Å²) in [5, 5.41) is 7.27. The van der Waals surface area contributed by atoms with Crippen molar-refractivity contribution in [3.63, 3.8) is 0 Å². The molecule has 1 aromatic heterocycles. The van der Waals surface area contributed by atoms with Crippen molar-refractivity contribution in [1.82, 2.24) is 9.99 Å². The number of pyridine rings is 1. The molecule has 0 fully saturated rings. The summed E-state index contributed by atoms with van der Waals surface area (Å²) in [6.45, 7) is 0. The Labute approximate surface area is 236 Å². The Balaban J connectivity index is 1.57. The van der Waals surface area contributed by atoms with Crippen LogP contribution in [0.25, 0.3) is 22.0 Å². The van der Waals surface area contributed by atoms with Crippen molar-refractivity contribution in [2.24, 2.45) is 5.10 Å². The zero-order chi connectivity index (χ0) is 26.2. The molecular formula is C31H21Br2N3O2. The molecule has 1 aliphatic rings. The summed E-state index contributed by atoms with van der Waals surface area (Å²) in [7, 11) is 0. The SMILES string of the molecule is O=C(c1ccccc1)N1N=C(c2c(-c3ccccc3)c3cc(Br)ccc3[nH]c2=O)CC1c1ccc(Br)cc1. The monoisotopic (exact) mass is 625 g/mol. The van der Waals surface area contributed by atoms with E-state index in [1.165, 1.54) is 5.01 Å². The van der Waals surface area contributed by atoms with Crippen LogP contribution < -0.4 is 5.56 Å². The fourth-order valence-electron chi connectivity index (χ4n) is 4.95. The highest BCUT2D eigenvalue weighted by Gasteiger charge is 2.35. The lowest BCUT2D eigenvalue weighted by atomic mass is 9.91. The number of benzene rings is 4. The van der Waals surface area contributed by atoms with Crippen LogP contribution >= 0.6 is 31.9 Å². The number of H-pyrrole nitrogens is 1. The first-order valence-corrected chi connectivity index (χ1v) is 13.7. The number of halogens is 2. The number of hydrogen-bond acceptors (Lipinski definition) is 3. The molecule has 0 radical (unpaired) electrons. The van der Waals surface area contributed by atoms with Crippen LogP contribution in [0, 0.1) is 0 Å². The second kappa shape index (κ2) is 10.2. The molecule has 0 bridgehead atoms. The number of hydrogen-bond donors (Lipinski definition) is 1. The highest BCUT2D eigenvalue weighted by atomic mass is 79.9. The Bertz CT molecular complexity index is 1750. The van der Waals surface area contributed by atoms with Crippen molar-refractivity contribution < 1.29 is 4.79 Å². The smallest absolute Gasteiger partial charge is 0.274 e. The zero-order valence-electron chi connectivity index (χ0n) is 20.1. The van der Waals surface area contributed by atoms with Gasteiger partial charge in [-0.2, -0.15) is 5.10 Å². The minimum absolute atomic E-state index is 0.213. The van der Waals surface area contributed by atoms with E-state index in [4.69, 9.17) is 5.10 Å². The summed E-state index contributed by atoms with van der Waals surface area (Å²) in [6, 6.07) is 32.3. The van der Waals surface area contributed by atoms with Gasteiger partial charge in [0.2, 0.25) is 0 Å². The molecule has 7 heteroatoms. The third kappa shape index (κ3) is 4.52. The molecule has 1 N–H and O–H groups in total. The molecule has 38 heavy (non-hydrogen) atoms. The van der Waals surface area contributed by atoms with Gasteiger partial charge in [-0.25, -0.2) is 5.01 Å². The van der Waals surface area contributed by atoms with Gasteiger partial charge in [-0.1, -0.05) is 92.5 Å². The summed E-state index contributed by atoms with van der Waals surface area (Å²) < 4.78 is 1.85. The summed E-state index contributed by atoms with van der Waals surface area (Å²) >= 11 is 7.09. The third-order valence-electron chi connectivity index (χ3n) is 6.72. The van der Waals surface area contributed by atoms with Crippen LogP contribution in [0.5, 0.6) is 0 Å². The number of nitrogens with zero attached hydrogens (tertiary/aromatic N) is 2. The Morgan fingerprint density at radius 1 is 0.816 bits per heavy atom. The molecule has 186 valence electrons. The van der Waals surface area contributed by atoms with Crippen molar-refractivity contribution in [1.29, 1.82) is 0 Å². The summed E-state index contributed by atoms with van der Waals surface area (Å²) in [5.74, 6) is -0.213. The molecule has 0 aliphatic carbocycles. The maximum atomic E-state index is 13.7. The van der Waals surface area contributed by atoms with Crippen LogP contribution in [-0.2, 0) is 0 Å². The molecule has 1 unspecified atom stereocenters. The number of rotatable bonds is 4. The molecule has 0 spiro atoms. The normalized spacial score (nSPS) is 15.1. The van der Waals surface area contributed by atoms with Crippen molar-refractivity contribution >= 4 is 54.4 Å². The largest absolute Gasteiger partial charge is 0.321 e. The second-order valence-corrected chi connectivity index (χ2v) is 10.9. The molecule has 5 aromatic rings. The highest BCUT2D eigenvalue weighted by Crippen LogP contribution is 2.38. The van der Waals surface area contributed by atoms with Gasteiger partial charge >= 0.3 is 0 Å². The molecule has 6 rings (SSSR count). The maximum Gasteiger partial charge on any atom is 0.274 e. The maximum absolute atomic E-state index is 13.7. The van der Waals surface area contributed by atoms with E-state index in [0.717, 1.165) is 36.5 Å². The van der Waals surface area contributed by atoms with Gasteiger partial charge in [0.25, 0.3) is 11.5 Å². The molecule has 4 aromatic carbocycles. The molecule has 0 saturated carbocycles. The van der Waals surface area contributed by atoms with E-state index < -0.39 is 0 Å². The Hall–Kier alpha value is -3.81. The average Bonchev–Trinajstić information content (AvgIpc) is 3.38. The number of carbonyl (C=O) groups excluding carboxylic acids is 1. The number of hydrazone groups is 1. The number of nitrogens with one attached hydrogen (secondary N) is 1. The average molecular weight is 627 g/mol. The lowest BCUT2D eigenvalue weighted by Crippen LogP contribution is -2.27. The van der Waals surface area contributed by atoms with E-state index in [1.807, 2.05) is 91.0 Å². The lowest BCUT2D eigenvalue weighted by Gasteiger charge is -2.22. The van der Waals surface area contributed by atoms with Crippen molar-refractivity contribution in [3.8, 4) is 11.1 Å². The third-order valence-corrected chi connectivity index (χ3v) is 7.74. The van der Waals surface area contributed by atoms with Crippen LogP contribution in [0.4, 0.5) is 0 Å². The van der Waals surface area contributed by atoms with Gasteiger partial charge in [-0.05, 0) is 53.6 Å². The number of aromatic amines is 1. The van der Waals surface area contributed by atoms with Crippen molar-refractivity contribution in [2.45, 2.75) is 12.5 Å². The molecular weight excluding hydrogens is 606 g/mol. The highest BCUT2D eigenvalue weighted by molar-refractivity contribution is 9.10. The van der Waals surface area contributed by atoms with Gasteiger partial charge in [-0.3, -0.25) is 9.59 Å². The fraction of sp³-hybridized carbons (Fsp3) is 0.0645. The minimum Gasteiger partial charge on any atom is -0.321 e. The summed E-state index contributed by atoms with van der Waals surface area (Å²) in [4.78, 5) is 30.4. The van der Waals surface area contributed by atoms with E-state index in [9.17, 15) is 9.59 Å². The Kier molecular flexibility index (Phi) is 6.55. The van der Waals surface area contributed by atoms with Gasteiger partial charge in [0.1, 0.15) is 0 Å². The Morgan fingerprint density at radius 3 is 2.18 bits per heavy atom. The van der Waals surface area contributed by atoms with E-state index in [0.29, 0.717) is 23.3 Å². The Morgan fingerprint density at radius 2 is 1.47 bits per heavy atom. The molecule has 1 atom stereocenters. The van der Waals surface area contributed by atoms with Gasteiger partial charge in [0, 0.05) is 37.4 Å². The molecule has 5 nitrogen and oxygen atoms in total. The summed E-state index contributed by atoms with van der Waals surface area (Å²) in [5.41, 5.74) is 4.75. The number of aromatic nitrogens is 1. The van der Waals surface area contributed by atoms with Gasteiger partial charge in [-0.15, -0.1) is 0 Å². The van der Waals surface area contributed by atoms with Crippen LogP contribution in [0.3, 0.4) is 0 Å². The van der Waals surface area contributed by atoms with Crippen molar-refractivity contribution in [3.05, 3.63) is 139 Å². The zero-order valence-corrected chi connectivity index (χ0v) is 23.2. The van der Waals surface area contributed by atoms with E-state index in [1.54, 1.807) is 12.1 Å². The van der Waals surface area contributed by atoms with Crippen LogP contribution in [0.1, 0.15) is 33.9 Å². The minimum atomic E-state index is -0.355. The van der Waals surface area contributed by atoms with E-state index in [-0.39, 0.29) is 17.5 Å². The molecule has 2 heterocycles.